The highest BCUT2D eigenvalue weighted by Gasteiger charge is 2.26. The van der Waals surface area contributed by atoms with Crippen LogP contribution in [-0.2, 0) is 6.54 Å². The van der Waals surface area contributed by atoms with Gasteiger partial charge in [0.2, 0.25) is 0 Å². The van der Waals surface area contributed by atoms with Gasteiger partial charge in [0.05, 0.1) is 16.6 Å². The number of nitrogens with zero attached hydrogens (tertiary/aromatic N) is 3. The van der Waals surface area contributed by atoms with E-state index in [2.05, 4.69) is 34.7 Å². The lowest BCUT2D eigenvalue weighted by atomic mass is 9.86. The van der Waals surface area contributed by atoms with Crippen LogP contribution >= 0.6 is 11.3 Å². The van der Waals surface area contributed by atoms with E-state index in [4.69, 9.17) is 4.98 Å². The summed E-state index contributed by atoms with van der Waals surface area (Å²) in [5.41, 5.74) is 2.49. The Kier molecular flexibility index (Phi) is 5.90. The zero-order valence-corrected chi connectivity index (χ0v) is 18.9. The van der Waals surface area contributed by atoms with Crippen molar-refractivity contribution in [3.8, 4) is 10.7 Å². The zero-order valence-electron chi connectivity index (χ0n) is 18.1. The van der Waals surface area contributed by atoms with E-state index in [1.807, 2.05) is 53.2 Å². The summed E-state index contributed by atoms with van der Waals surface area (Å²) >= 11 is 1.54. The molecule has 3 heterocycles. The van der Waals surface area contributed by atoms with E-state index in [9.17, 15) is 4.79 Å². The van der Waals surface area contributed by atoms with Crippen molar-refractivity contribution < 1.29 is 4.79 Å². The molecule has 3 aromatic heterocycles. The number of anilines is 1. The molecule has 2 N–H and O–H groups in total. The number of hydrogen-bond donors (Lipinski definition) is 2. The van der Waals surface area contributed by atoms with E-state index in [1.165, 1.54) is 24.8 Å². The summed E-state index contributed by atoms with van der Waals surface area (Å²) in [4.78, 5) is 23.4. The molecule has 0 radical (unpaired) electrons. The minimum Gasteiger partial charge on any atom is -0.357 e. The van der Waals surface area contributed by atoms with Crippen LogP contribution in [0.1, 0.15) is 48.7 Å². The first-order chi connectivity index (χ1) is 15.7. The Bertz CT molecular complexity index is 1220. The van der Waals surface area contributed by atoms with E-state index >= 15 is 0 Å². The number of thiazole rings is 1. The number of imidazole rings is 1. The molecule has 6 nitrogen and oxygen atoms in total. The van der Waals surface area contributed by atoms with Crippen molar-refractivity contribution in [2.75, 3.05) is 5.32 Å². The molecule has 1 fully saturated rings. The van der Waals surface area contributed by atoms with Crippen molar-refractivity contribution in [1.29, 1.82) is 0 Å². The average Bonchev–Trinajstić information content (AvgIpc) is 3.45. The largest absolute Gasteiger partial charge is 0.357 e. The van der Waals surface area contributed by atoms with Crippen LogP contribution in [0.5, 0.6) is 0 Å². The number of rotatable bonds is 6. The Morgan fingerprint density at radius 1 is 1.12 bits per heavy atom. The highest BCUT2D eigenvalue weighted by molar-refractivity contribution is 7.18. The van der Waals surface area contributed by atoms with Gasteiger partial charge in [0.25, 0.3) is 5.91 Å². The average molecular weight is 446 g/mol. The van der Waals surface area contributed by atoms with Gasteiger partial charge in [0.1, 0.15) is 0 Å². The minimum absolute atomic E-state index is 0.0920. The Hall–Kier alpha value is -3.19. The molecule has 7 heteroatoms. The number of pyridine rings is 1. The Labute approximate surface area is 191 Å². The van der Waals surface area contributed by atoms with Crippen LogP contribution in [0.2, 0.25) is 0 Å². The molecule has 0 bridgehead atoms. The lowest BCUT2D eigenvalue weighted by Gasteiger charge is -2.29. The first-order valence-corrected chi connectivity index (χ1v) is 12.0. The van der Waals surface area contributed by atoms with E-state index in [-0.39, 0.29) is 11.9 Å². The molecule has 0 unspecified atom stereocenters. The van der Waals surface area contributed by atoms with E-state index in [0.717, 1.165) is 27.8 Å². The molecule has 0 saturated heterocycles. The summed E-state index contributed by atoms with van der Waals surface area (Å²) in [5.74, 6) is 1.15. The van der Waals surface area contributed by atoms with Gasteiger partial charge in [0, 0.05) is 18.8 Å². The fourth-order valence-electron chi connectivity index (χ4n) is 4.38. The molecule has 1 aromatic carbocycles. The molecular weight excluding hydrogens is 418 g/mol. The molecule has 164 valence electrons. The van der Waals surface area contributed by atoms with Gasteiger partial charge in [-0.15, -0.1) is 0 Å². The maximum atomic E-state index is 13.2. The molecule has 4 aromatic rings. The number of fused-ring (bicyclic) bond motifs is 1. The van der Waals surface area contributed by atoms with Crippen LogP contribution < -0.4 is 10.6 Å². The van der Waals surface area contributed by atoms with Gasteiger partial charge >= 0.3 is 0 Å². The van der Waals surface area contributed by atoms with Crippen molar-refractivity contribution in [1.82, 2.24) is 19.7 Å². The van der Waals surface area contributed by atoms with Crippen LogP contribution in [0.4, 0.5) is 5.13 Å². The summed E-state index contributed by atoms with van der Waals surface area (Å²) in [5, 5.41) is 7.46. The molecule has 1 amide bonds. The van der Waals surface area contributed by atoms with Crippen molar-refractivity contribution in [3.63, 3.8) is 0 Å². The molecule has 32 heavy (non-hydrogen) atoms. The van der Waals surface area contributed by atoms with Crippen LogP contribution in [0, 0.1) is 5.92 Å². The topological polar surface area (TPSA) is 71.3 Å². The lowest BCUT2D eigenvalue weighted by Crippen LogP contribution is -2.41. The van der Waals surface area contributed by atoms with Gasteiger partial charge in [-0.25, -0.2) is 9.97 Å². The second kappa shape index (κ2) is 9.12. The van der Waals surface area contributed by atoms with Crippen LogP contribution in [0.25, 0.3) is 16.2 Å². The second-order valence-electron chi connectivity index (χ2n) is 8.45. The fourth-order valence-corrected chi connectivity index (χ4v) is 5.18. The maximum Gasteiger partial charge on any atom is 0.272 e. The molecule has 1 aliphatic rings. The third-order valence-corrected chi connectivity index (χ3v) is 7.16. The Morgan fingerprint density at radius 2 is 1.94 bits per heavy atom. The van der Waals surface area contributed by atoms with E-state index < -0.39 is 0 Å². The summed E-state index contributed by atoms with van der Waals surface area (Å²) in [6.07, 6.45) is 8.40. The predicted octanol–water partition coefficient (Wildman–Crippen LogP) is 5.38. The molecular formula is C25H27N5OS. The summed E-state index contributed by atoms with van der Waals surface area (Å²) in [7, 11) is 0. The molecule has 2 atom stereocenters. The predicted molar refractivity (Wildman–Crippen MR) is 129 cm³/mol. The summed E-state index contributed by atoms with van der Waals surface area (Å²) in [6, 6.07) is 16.3. The van der Waals surface area contributed by atoms with Gasteiger partial charge in [-0.1, -0.05) is 67.5 Å². The molecule has 1 aliphatic carbocycles. The Morgan fingerprint density at radius 3 is 2.78 bits per heavy atom. The third kappa shape index (κ3) is 4.25. The normalized spacial score (nSPS) is 18.5. The highest BCUT2D eigenvalue weighted by Crippen LogP contribution is 2.31. The number of carbonyl (C=O) groups excluding carboxylic acids is 1. The molecule has 0 aliphatic heterocycles. The smallest absolute Gasteiger partial charge is 0.272 e. The fraction of sp³-hybridized carbons (Fsp3) is 0.320. The zero-order chi connectivity index (χ0) is 21.9. The molecule has 1 saturated carbocycles. The van der Waals surface area contributed by atoms with Crippen LogP contribution in [-0.4, -0.2) is 26.3 Å². The summed E-state index contributed by atoms with van der Waals surface area (Å²) < 4.78 is 1.98. The number of benzene rings is 1. The van der Waals surface area contributed by atoms with Crippen molar-refractivity contribution in [2.45, 2.75) is 45.2 Å². The van der Waals surface area contributed by atoms with Gasteiger partial charge in [0.15, 0.2) is 16.6 Å². The number of nitrogens with one attached hydrogen (secondary N) is 2. The van der Waals surface area contributed by atoms with E-state index in [0.29, 0.717) is 18.2 Å². The van der Waals surface area contributed by atoms with Crippen LogP contribution in [0.15, 0.2) is 60.9 Å². The number of hydrogen-bond acceptors (Lipinski definition) is 5. The third-order valence-electron chi connectivity index (χ3n) is 6.20. The standard InChI is InChI=1S/C25H27N5OS/c1-17-9-5-6-12-19(17)28-24(31)22-20-13-7-8-14-30(20)23(29-22)21-16-27-25(32-21)26-15-18-10-3-2-4-11-18/h2-4,7-8,10-11,13-14,16-17,19H,5-6,9,12,15H2,1H3,(H,26,27)(H,28,31)/t17-,19+/m1/s1. The van der Waals surface area contributed by atoms with Crippen LogP contribution in [0.3, 0.4) is 0 Å². The maximum absolute atomic E-state index is 13.2. The van der Waals surface area contributed by atoms with Gasteiger partial charge in [-0.3, -0.25) is 9.20 Å². The lowest BCUT2D eigenvalue weighted by molar-refractivity contribution is 0.0907. The quantitative estimate of drug-likeness (QED) is 0.418. The van der Waals surface area contributed by atoms with Gasteiger partial charge in [-0.05, 0) is 36.5 Å². The van der Waals surface area contributed by atoms with Crippen molar-refractivity contribution in [3.05, 3.63) is 72.2 Å². The molecule has 0 spiro atoms. The number of carbonyl (C=O) groups is 1. The van der Waals surface area contributed by atoms with Gasteiger partial charge in [-0.2, -0.15) is 0 Å². The van der Waals surface area contributed by atoms with Crippen molar-refractivity contribution in [2.24, 2.45) is 5.92 Å². The second-order valence-corrected chi connectivity index (χ2v) is 9.48. The SMILES string of the molecule is C[C@@H]1CCCC[C@@H]1NC(=O)c1nc(-c2cnc(NCc3ccccc3)s2)n2ccccc12. The highest BCUT2D eigenvalue weighted by atomic mass is 32.1. The van der Waals surface area contributed by atoms with E-state index in [1.54, 1.807) is 11.3 Å². The first kappa shape index (κ1) is 20.7. The van der Waals surface area contributed by atoms with Gasteiger partial charge < -0.3 is 10.6 Å². The summed E-state index contributed by atoms with van der Waals surface area (Å²) in [6.45, 7) is 2.94. The molecule has 5 rings (SSSR count). The minimum atomic E-state index is -0.0920. The monoisotopic (exact) mass is 445 g/mol. The van der Waals surface area contributed by atoms with Crippen molar-refractivity contribution >= 4 is 27.9 Å². The first-order valence-electron chi connectivity index (χ1n) is 11.2. The number of amides is 1. The number of aromatic nitrogens is 3. The Balaban J connectivity index is 1.39.